The van der Waals surface area contributed by atoms with Gasteiger partial charge in [0.15, 0.2) is 0 Å². The fourth-order valence-electron chi connectivity index (χ4n) is 3.23. The molecule has 0 atom stereocenters. The van der Waals surface area contributed by atoms with Crippen LogP contribution in [0.5, 0.6) is 11.5 Å². The first-order valence-corrected chi connectivity index (χ1v) is 9.43. The summed E-state index contributed by atoms with van der Waals surface area (Å²) in [5.41, 5.74) is 2.98. The lowest BCUT2D eigenvalue weighted by Crippen LogP contribution is -2.17. The Hall–Kier alpha value is -3.19. The summed E-state index contributed by atoms with van der Waals surface area (Å²) in [6, 6.07) is 13.7. The number of amides is 2. The van der Waals surface area contributed by atoms with Gasteiger partial charge < -0.3 is 14.0 Å². The van der Waals surface area contributed by atoms with Crippen molar-refractivity contribution in [1.29, 1.82) is 0 Å². The molecule has 6 nitrogen and oxygen atoms in total. The maximum Gasteiger partial charge on any atom is 0.290 e. The van der Waals surface area contributed by atoms with Gasteiger partial charge in [0.1, 0.15) is 11.5 Å². The number of nitrogens with one attached hydrogen (secondary N) is 1. The number of benzene rings is 2. The molecule has 1 aromatic heterocycles. The Labute approximate surface area is 166 Å². The van der Waals surface area contributed by atoms with E-state index in [1.165, 1.54) is 0 Å². The molecule has 1 aliphatic heterocycles. The number of rotatable bonds is 5. The maximum absolute atomic E-state index is 11.8. The van der Waals surface area contributed by atoms with Gasteiger partial charge in [-0.1, -0.05) is 12.1 Å². The third-order valence-electron chi connectivity index (χ3n) is 4.54. The summed E-state index contributed by atoms with van der Waals surface area (Å²) in [6.07, 6.45) is 3.76. The highest BCUT2D eigenvalue weighted by Crippen LogP contribution is 2.30. The van der Waals surface area contributed by atoms with Gasteiger partial charge in [-0.25, -0.2) is 0 Å². The van der Waals surface area contributed by atoms with Crippen molar-refractivity contribution < 1.29 is 19.1 Å². The number of methoxy groups -OCH3 is 2. The molecule has 1 saturated heterocycles. The molecule has 7 heteroatoms. The SMILES string of the molecule is COc1cc(Cn2ccc3c(/C=C4\SC(=O)NC4=O)cccc32)cc(OC)c1. The molecule has 0 aliphatic carbocycles. The number of thioether (sulfide) groups is 1. The first-order chi connectivity index (χ1) is 13.6. The van der Waals surface area contributed by atoms with Crippen molar-refractivity contribution in [2.75, 3.05) is 14.2 Å². The van der Waals surface area contributed by atoms with Gasteiger partial charge in [-0.3, -0.25) is 14.9 Å². The van der Waals surface area contributed by atoms with Gasteiger partial charge in [-0.15, -0.1) is 0 Å². The maximum atomic E-state index is 11.8. The van der Waals surface area contributed by atoms with Crippen LogP contribution in [0.4, 0.5) is 4.79 Å². The minimum atomic E-state index is -0.352. The van der Waals surface area contributed by atoms with Crippen molar-refractivity contribution in [2.24, 2.45) is 0 Å². The van der Waals surface area contributed by atoms with Crippen molar-refractivity contribution in [2.45, 2.75) is 6.54 Å². The van der Waals surface area contributed by atoms with E-state index in [0.29, 0.717) is 11.4 Å². The standard InChI is InChI=1S/C21H18N2O4S/c1-26-15-8-13(9-16(11-15)27-2)12-23-7-6-17-14(4-3-5-18(17)23)10-19-20(24)22-21(25)28-19/h3-11H,12H2,1-2H3,(H,22,24,25)/b19-10-. The Morgan fingerprint density at radius 1 is 1.07 bits per heavy atom. The van der Waals surface area contributed by atoms with Crippen LogP contribution in [-0.2, 0) is 11.3 Å². The molecule has 142 valence electrons. The van der Waals surface area contributed by atoms with E-state index in [1.54, 1.807) is 20.3 Å². The fourth-order valence-corrected chi connectivity index (χ4v) is 3.90. The molecule has 2 heterocycles. The molecule has 1 fully saturated rings. The monoisotopic (exact) mass is 394 g/mol. The molecule has 0 saturated carbocycles. The normalized spacial score (nSPS) is 15.3. The Morgan fingerprint density at radius 2 is 1.82 bits per heavy atom. The van der Waals surface area contributed by atoms with Gasteiger partial charge in [0, 0.05) is 29.7 Å². The second kappa shape index (κ2) is 7.44. The number of fused-ring (bicyclic) bond motifs is 1. The highest BCUT2D eigenvalue weighted by atomic mass is 32.2. The molecule has 4 rings (SSSR count). The van der Waals surface area contributed by atoms with Crippen LogP contribution in [0.2, 0.25) is 0 Å². The second-order valence-corrected chi connectivity index (χ2v) is 7.31. The predicted octanol–water partition coefficient (Wildman–Crippen LogP) is 4.03. The van der Waals surface area contributed by atoms with Crippen LogP contribution in [0.3, 0.4) is 0 Å². The lowest BCUT2D eigenvalue weighted by Gasteiger charge is -2.10. The minimum absolute atomic E-state index is 0.340. The van der Waals surface area contributed by atoms with Gasteiger partial charge in [0.2, 0.25) is 0 Å². The fraction of sp³-hybridized carbons (Fsp3) is 0.143. The molecule has 0 bridgehead atoms. The zero-order chi connectivity index (χ0) is 19.7. The van der Waals surface area contributed by atoms with Crippen molar-refractivity contribution in [1.82, 2.24) is 9.88 Å². The number of imide groups is 1. The topological polar surface area (TPSA) is 69.6 Å². The quantitative estimate of drug-likeness (QED) is 0.662. The first kappa shape index (κ1) is 18.2. The Bertz CT molecular complexity index is 1090. The van der Waals surface area contributed by atoms with Crippen molar-refractivity contribution in [3.8, 4) is 11.5 Å². The average molecular weight is 394 g/mol. The van der Waals surface area contributed by atoms with Crippen LogP contribution >= 0.6 is 11.8 Å². The summed E-state index contributed by atoms with van der Waals surface area (Å²) < 4.78 is 12.8. The van der Waals surface area contributed by atoms with Crippen LogP contribution in [-0.4, -0.2) is 29.9 Å². The zero-order valence-electron chi connectivity index (χ0n) is 15.4. The van der Waals surface area contributed by atoms with E-state index in [2.05, 4.69) is 9.88 Å². The average Bonchev–Trinajstić information content (AvgIpc) is 3.24. The first-order valence-electron chi connectivity index (χ1n) is 8.62. The summed E-state index contributed by atoms with van der Waals surface area (Å²) >= 11 is 0.922. The van der Waals surface area contributed by atoms with Crippen LogP contribution < -0.4 is 14.8 Å². The summed E-state index contributed by atoms with van der Waals surface area (Å²) in [7, 11) is 3.26. The molecule has 1 N–H and O–H groups in total. The minimum Gasteiger partial charge on any atom is -0.497 e. The largest absolute Gasteiger partial charge is 0.497 e. The molecule has 0 radical (unpaired) electrons. The number of hydrogen-bond donors (Lipinski definition) is 1. The molecule has 2 amide bonds. The number of ether oxygens (including phenoxy) is 2. The van der Waals surface area contributed by atoms with Crippen LogP contribution in [0.25, 0.3) is 17.0 Å². The van der Waals surface area contributed by atoms with Crippen LogP contribution in [0.15, 0.2) is 53.6 Å². The Morgan fingerprint density at radius 3 is 2.46 bits per heavy atom. The number of aromatic nitrogens is 1. The molecule has 3 aromatic rings. The van der Waals surface area contributed by atoms with Gasteiger partial charge in [0.05, 0.1) is 19.1 Å². The van der Waals surface area contributed by atoms with Crippen LogP contribution in [0.1, 0.15) is 11.1 Å². The van der Waals surface area contributed by atoms with E-state index < -0.39 is 0 Å². The van der Waals surface area contributed by atoms with E-state index in [0.717, 1.165) is 45.3 Å². The van der Waals surface area contributed by atoms with Crippen molar-refractivity contribution in [3.05, 3.63) is 64.7 Å². The Balaban J connectivity index is 1.70. The molecule has 2 aromatic carbocycles. The summed E-state index contributed by atoms with van der Waals surface area (Å²) in [5.74, 6) is 1.13. The van der Waals surface area contributed by atoms with Crippen LogP contribution in [0, 0.1) is 0 Å². The predicted molar refractivity (Wildman–Crippen MR) is 110 cm³/mol. The van der Waals surface area contributed by atoms with Gasteiger partial charge >= 0.3 is 0 Å². The van der Waals surface area contributed by atoms with Crippen molar-refractivity contribution >= 4 is 39.9 Å². The summed E-state index contributed by atoms with van der Waals surface area (Å²) in [4.78, 5) is 23.6. The zero-order valence-corrected chi connectivity index (χ0v) is 16.2. The van der Waals surface area contributed by atoms with Gasteiger partial charge in [-0.05, 0) is 53.2 Å². The van der Waals surface area contributed by atoms with E-state index >= 15 is 0 Å². The van der Waals surface area contributed by atoms with E-state index in [4.69, 9.17) is 9.47 Å². The number of nitrogens with zero attached hydrogens (tertiary/aromatic N) is 1. The Kier molecular flexibility index (Phi) is 4.83. The summed E-state index contributed by atoms with van der Waals surface area (Å²) in [5, 5.41) is 2.95. The smallest absolute Gasteiger partial charge is 0.290 e. The number of carbonyl (C=O) groups excluding carboxylic acids is 2. The third-order valence-corrected chi connectivity index (χ3v) is 5.35. The van der Waals surface area contributed by atoms with Gasteiger partial charge in [-0.2, -0.15) is 0 Å². The second-order valence-electron chi connectivity index (χ2n) is 6.30. The van der Waals surface area contributed by atoms with Crippen molar-refractivity contribution in [3.63, 3.8) is 0 Å². The van der Waals surface area contributed by atoms with E-state index in [9.17, 15) is 9.59 Å². The highest BCUT2D eigenvalue weighted by Gasteiger charge is 2.25. The lowest BCUT2D eigenvalue weighted by atomic mass is 10.1. The number of carbonyl (C=O) groups is 2. The lowest BCUT2D eigenvalue weighted by molar-refractivity contribution is -0.115. The van der Waals surface area contributed by atoms with E-state index in [-0.39, 0.29) is 11.1 Å². The molecule has 0 unspecified atom stereocenters. The number of hydrogen-bond acceptors (Lipinski definition) is 5. The van der Waals surface area contributed by atoms with Gasteiger partial charge in [0.25, 0.3) is 11.1 Å². The molecular formula is C21H18N2O4S. The summed E-state index contributed by atoms with van der Waals surface area (Å²) in [6.45, 7) is 0.644. The third kappa shape index (κ3) is 3.48. The molecule has 28 heavy (non-hydrogen) atoms. The molecular weight excluding hydrogens is 376 g/mol. The molecule has 1 aliphatic rings. The van der Waals surface area contributed by atoms with E-state index in [1.807, 2.05) is 48.7 Å². The molecule has 0 spiro atoms. The highest BCUT2D eigenvalue weighted by molar-refractivity contribution is 8.18.